The number of carbonyl (C=O) groups is 3. The molecule has 0 radical (unpaired) electrons. The van der Waals surface area contributed by atoms with Crippen LogP contribution >= 0.6 is 0 Å². The van der Waals surface area contributed by atoms with Gasteiger partial charge in [-0.05, 0) is 60.5 Å². The second-order valence-corrected chi connectivity index (χ2v) is 7.47. The molecule has 3 aromatic rings. The van der Waals surface area contributed by atoms with E-state index < -0.39 is 29.9 Å². The van der Waals surface area contributed by atoms with Crippen LogP contribution in [0.2, 0.25) is 0 Å². The first kappa shape index (κ1) is 24.6. The number of anilines is 1. The van der Waals surface area contributed by atoms with E-state index in [0.717, 1.165) is 5.56 Å². The zero-order valence-electron chi connectivity index (χ0n) is 18.5. The lowest BCUT2D eigenvalue weighted by molar-refractivity contribution is -0.141. The molecule has 0 aliphatic heterocycles. The van der Waals surface area contributed by atoms with Gasteiger partial charge in [0, 0.05) is 12.1 Å². The van der Waals surface area contributed by atoms with E-state index in [2.05, 4.69) is 10.1 Å². The quantitative estimate of drug-likeness (QED) is 0.395. The standard InChI is InChI=1S/C26H25NO7/c1-33-26(32)18-10-7-17(8-11-18)9-16-22(28)23(29)24(30)25(31)27-19-12-14-21(15-13-19)34-20-5-3-2-4-6-20/h2-8,10-15,23-24,29-30H,9,16H2,1H3,(H,27,31)/t23-,24+/m0/s1. The minimum Gasteiger partial charge on any atom is -0.465 e. The van der Waals surface area contributed by atoms with E-state index in [4.69, 9.17) is 4.74 Å². The number of Topliss-reactive ketones (excluding diaryl/α,β-unsaturated/α-hetero) is 1. The smallest absolute Gasteiger partial charge is 0.337 e. The Labute approximate surface area is 196 Å². The first-order chi connectivity index (χ1) is 16.4. The summed E-state index contributed by atoms with van der Waals surface area (Å²) in [6, 6.07) is 22.1. The van der Waals surface area contributed by atoms with Crippen LogP contribution in [0, 0.1) is 0 Å². The zero-order valence-corrected chi connectivity index (χ0v) is 18.5. The molecule has 8 heteroatoms. The van der Waals surface area contributed by atoms with Gasteiger partial charge in [-0.3, -0.25) is 9.59 Å². The highest BCUT2D eigenvalue weighted by Crippen LogP contribution is 2.22. The molecule has 0 unspecified atom stereocenters. The Balaban J connectivity index is 1.49. The fourth-order valence-corrected chi connectivity index (χ4v) is 3.11. The SMILES string of the molecule is COC(=O)c1ccc(CCC(=O)[C@H](O)[C@@H](O)C(=O)Nc2ccc(Oc3ccccc3)cc2)cc1. The number of aliphatic hydroxyl groups excluding tert-OH is 2. The van der Waals surface area contributed by atoms with Gasteiger partial charge in [-0.1, -0.05) is 30.3 Å². The number of esters is 1. The molecule has 8 nitrogen and oxygen atoms in total. The summed E-state index contributed by atoms with van der Waals surface area (Å²) >= 11 is 0. The zero-order chi connectivity index (χ0) is 24.5. The first-order valence-electron chi connectivity index (χ1n) is 10.6. The number of hydrogen-bond acceptors (Lipinski definition) is 7. The summed E-state index contributed by atoms with van der Waals surface area (Å²) in [6.45, 7) is 0. The van der Waals surface area contributed by atoms with Crippen molar-refractivity contribution in [3.63, 3.8) is 0 Å². The van der Waals surface area contributed by atoms with Crippen molar-refractivity contribution in [2.75, 3.05) is 12.4 Å². The summed E-state index contributed by atoms with van der Waals surface area (Å²) in [7, 11) is 1.28. The Hall–Kier alpha value is -4.01. The highest BCUT2D eigenvalue weighted by atomic mass is 16.5. The van der Waals surface area contributed by atoms with E-state index in [-0.39, 0.29) is 12.8 Å². The number of aryl methyl sites for hydroxylation is 1. The molecule has 0 saturated carbocycles. The number of benzene rings is 3. The van der Waals surface area contributed by atoms with Gasteiger partial charge < -0.3 is 25.0 Å². The first-order valence-corrected chi connectivity index (χ1v) is 10.6. The number of ketones is 1. The third-order valence-electron chi connectivity index (χ3n) is 5.03. The van der Waals surface area contributed by atoms with E-state index in [0.29, 0.717) is 22.7 Å². The Bertz CT molecular complexity index is 1110. The molecule has 0 bridgehead atoms. The number of hydrogen-bond donors (Lipinski definition) is 3. The van der Waals surface area contributed by atoms with Gasteiger partial charge in [0.05, 0.1) is 12.7 Å². The average Bonchev–Trinajstić information content (AvgIpc) is 2.88. The summed E-state index contributed by atoms with van der Waals surface area (Å²) in [5, 5.41) is 22.7. The molecule has 3 rings (SSSR count). The third-order valence-corrected chi connectivity index (χ3v) is 5.03. The molecular formula is C26H25NO7. The maximum Gasteiger partial charge on any atom is 0.337 e. The molecule has 1 amide bonds. The van der Waals surface area contributed by atoms with Crippen molar-refractivity contribution in [1.82, 2.24) is 0 Å². The fraction of sp³-hybridized carbons (Fsp3) is 0.192. The molecule has 0 fully saturated rings. The van der Waals surface area contributed by atoms with Gasteiger partial charge in [-0.2, -0.15) is 0 Å². The molecule has 0 aliphatic rings. The van der Waals surface area contributed by atoms with Gasteiger partial charge in [0.1, 0.15) is 17.6 Å². The van der Waals surface area contributed by atoms with Crippen LogP contribution in [0.1, 0.15) is 22.3 Å². The highest BCUT2D eigenvalue weighted by Gasteiger charge is 2.29. The van der Waals surface area contributed by atoms with Crippen molar-refractivity contribution in [3.8, 4) is 11.5 Å². The molecule has 0 saturated heterocycles. The van der Waals surface area contributed by atoms with Crippen LogP contribution in [-0.4, -0.2) is 47.2 Å². The average molecular weight is 463 g/mol. The lowest BCUT2D eigenvalue weighted by atomic mass is 10.0. The molecule has 0 heterocycles. The number of para-hydroxylation sites is 1. The fourth-order valence-electron chi connectivity index (χ4n) is 3.11. The van der Waals surface area contributed by atoms with Gasteiger partial charge in [0.15, 0.2) is 11.9 Å². The van der Waals surface area contributed by atoms with Gasteiger partial charge in [-0.15, -0.1) is 0 Å². The summed E-state index contributed by atoms with van der Waals surface area (Å²) in [5.41, 5.74) is 1.50. The monoisotopic (exact) mass is 463 g/mol. The van der Waals surface area contributed by atoms with Crippen LogP contribution in [0.25, 0.3) is 0 Å². The molecule has 0 spiro atoms. The highest BCUT2D eigenvalue weighted by molar-refractivity contribution is 5.99. The van der Waals surface area contributed by atoms with Gasteiger partial charge in [0.2, 0.25) is 0 Å². The number of methoxy groups -OCH3 is 1. The van der Waals surface area contributed by atoms with Crippen LogP contribution in [0.15, 0.2) is 78.9 Å². The Morgan fingerprint density at radius 3 is 2.06 bits per heavy atom. The maximum absolute atomic E-state index is 12.3. The van der Waals surface area contributed by atoms with Crippen molar-refractivity contribution in [2.45, 2.75) is 25.0 Å². The Morgan fingerprint density at radius 1 is 0.824 bits per heavy atom. The number of aliphatic hydroxyl groups is 2. The van der Waals surface area contributed by atoms with E-state index in [1.807, 2.05) is 30.3 Å². The predicted molar refractivity (Wildman–Crippen MR) is 125 cm³/mol. The summed E-state index contributed by atoms with van der Waals surface area (Å²) < 4.78 is 10.3. The van der Waals surface area contributed by atoms with Crippen molar-refractivity contribution in [3.05, 3.63) is 90.0 Å². The molecule has 0 aromatic heterocycles. The summed E-state index contributed by atoms with van der Waals surface area (Å²) in [4.78, 5) is 36.0. The second-order valence-electron chi connectivity index (χ2n) is 7.47. The largest absolute Gasteiger partial charge is 0.465 e. The lowest BCUT2D eigenvalue weighted by Gasteiger charge is -2.17. The molecule has 3 N–H and O–H groups in total. The van der Waals surface area contributed by atoms with Crippen LogP contribution in [0.4, 0.5) is 5.69 Å². The maximum atomic E-state index is 12.3. The summed E-state index contributed by atoms with van der Waals surface area (Å²) in [5.74, 6) is -0.827. The van der Waals surface area contributed by atoms with Gasteiger partial charge in [0.25, 0.3) is 5.91 Å². The topological polar surface area (TPSA) is 122 Å². The minimum atomic E-state index is -1.92. The predicted octanol–water partition coefficient (Wildman–Crippen LogP) is 3.13. The summed E-state index contributed by atoms with van der Waals surface area (Å²) in [6.07, 6.45) is -3.60. The molecular weight excluding hydrogens is 438 g/mol. The lowest BCUT2D eigenvalue weighted by Crippen LogP contribution is -2.42. The van der Waals surface area contributed by atoms with Crippen LogP contribution in [0.5, 0.6) is 11.5 Å². The Morgan fingerprint density at radius 2 is 1.44 bits per heavy atom. The molecule has 3 aromatic carbocycles. The molecule has 176 valence electrons. The number of amides is 1. The number of ether oxygens (including phenoxy) is 2. The van der Waals surface area contributed by atoms with Crippen molar-refractivity contribution in [1.29, 1.82) is 0 Å². The second kappa shape index (κ2) is 11.7. The minimum absolute atomic E-state index is 0.0887. The molecule has 34 heavy (non-hydrogen) atoms. The van der Waals surface area contributed by atoms with Crippen LogP contribution in [0.3, 0.4) is 0 Å². The third kappa shape index (κ3) is 6.74. The normalized spacial score (nSPS) is 12.3. The van der Waals surface area contributed by atoms with E-state index in [9.17, 15) is 24.6 Å². The van der Waals surface area contributed by atoms with E-state index in [1.165, 1.54) is 7.11 Å². The number of nitrogens with one attached hydrogen (secondary N) is 1. The van der Waals surface area contributed by atoms with Crippen LogP contribution in [-0.2, 0) is 20.7 Å². The number of carbonyl (C=O) groups excluding carboxylic acids is 3. The van der Waals surface area contributed by atoms with Gasteiger partial charge >= 0.3 is 5.97 Å². The van der Waals surface area contributed by atoms with Crippen molar-refractivity contribution >= 4 is 23.3 Å². The van der Waals surface area contributed by atoms with E-state index >= 15 is 0 Å². The Kier molecular flexibility index (Phi) is 8.50. The van der Waals surface area contributed by atoms with Crippen molar-refractivity contribution in [2.24, 2.45) is 0 Å². The van der Waals surface area contributed by atoms with Crippen LogP contribution < -0.4 is 10.1 Å². The number of rotatable bonds is 10. The molecule has 0 aliphatic carbocycles. The van der Waals surface area contributed by atoms with Gasteiger partial charge in [-0.25, -0.2) is 4.79 Å². The molecule has 2 atom stereocenters. The van der Waals surface area contributed by atoms with Crippen molar-refractivity contribution < 1.29 is 34.1 Å². The van der Waals surface area contributed by atoms with E-state index in [1.54, 1.807) is 48.5 Å².